The third-order valence-corrected chi connectivity index (χ3v) is 5.07. The summed E-state index contributed by atoms with van der Waals surface area (Å²) in [5.41, 5.74) is 0.935. The van der Waals surface area contributed by atoms with Gasteiger partial charge in [-0.2, -0.15) is 4.31 Å². The number of benzene rings is 1. The van der Waals surface area contributed by atoms with E-state index in [4.69, 9.17) is 0 Å². The summed E-state index contributed by atoms with van der Waals surface area (Å²) in [5.74, 6) is -0.116. The lowest BCUT2D eigenvalue weighted by molar-refractivity contribution is 0.385. The van der Waals surface area contributed by atoms with E-state index in [0.29, 0.717) is 26.2 Å². The van der Waals surface area contributed by atoms with Crippen LogP contribution in [0.5, 0.6) is 0 Å². The molecule has 1 saturated heterocycles. The molecule has 0 unspecified atom stereocenters. The van der Waals surface area contributed by atoms with Crippen molar-refractivity contribution in [3.8, 4) is 0 Å². The van der Waals surface area contributed by atoms with Crippen molar-refractivity contribution in [3.05, 3.63) is 30.1 Å². The third-order valence-electron chi connectivity index (χ3n) is 3.19. The number of nitrogens with zero attached hydrogens (tertiary/aromatic N) is 2. The van der Waals surface area contributed by atoms with Gasteiger partial charge in [0.15, 0.2) is 0 Å². The monoisotopic (exact) mass is 272 g/mol. The van der Waals surface area contributed by atoms with Gasteiger partial charge in [0.2, 0.25) is 10.0 Å². The minimum Gasteiger partial charge on any atom is -0.369 e. The topological polar surface area (TPSA) is 40.6 Å². The molecule has 0 saturated carbocycles. The van der Waals surface area contributed by atoms with Crippen LogP contribution in [0.2, 0.25) is 0 Å². The number of anilines is 1. The van der Waals surface area contributed by atoms with Gasteiger partial charge >= 0.3 is 0 Å². The number of halogens is 1. The molecule has 2 rings (SSSR count). The number of rotatable bonds is 3. The van der Waals surface area contributed by atoms with Crippen LogP contribution in [0, 0.1) is 5.82 Å². The SMILES string of the molecule is CCS(=O)(=O)N1CCN(c2ccc(F)cc2)CC1. The molecule has 1 fully saturated rings. The lowest BCUT2D eigenvalue weighted by atomic mass is 10.2. The zero-order valence-electron chi connectivity index (χ0n) is 10.3. The summed E-state index contributed by atoms with van der Waals surface area (Å²) >= 11 is 0. The maximum Gasteiger partial charge on any atom is 0.213 e. The van der Waals surface area contributed by atoms with E-state index >= 15 is 0 Å². The number of piperazine rings is 1. The van der Waals surface area contributed by atoms with E-state index < -0.39 is 10.0 Å². The molecule has 0 aliphatic carbocycles. The van der Waals surface area contributed by atoms with Gasteiger partial charge in [0, 0.05) is 31.9 Å². The molecule has 6 heteroatoms. The van der Waals surface area contributed by atoms with Crippen LogP contribution in [0.3, 0.4) is 0 Å². The van der Waals surface area contributed by atoms with Gasteiger partial charge in [0.05, 0.1) is 5.75 Å². The highest BCUT2D eigenvalue weighted by molar-refractivity contribution is 7.89. The van der Waals surface area contributed by atoms with Crippen LogP contribution in [0.15, 0.2) is 24.3 Å². The first-order chi connectivity index (χ1) is 8.53. The molecule has 0 bridgehead atoms. The first kappa shape index (κ1) is 13.3. The molecule has 4 nitrogen and oxygen atoms in total. The summed E-state index contributed by atoms with van der Waals surface area (Å²) in [6.07, 6.45) is 0. The fraction of sp³-hybridized carbons (Fsp3) is 0.500. The van der Waals surface area contributed by atoms with Gasteiger partial charge in [0.25, 0.3) is 0 Å². The Bertz CT molecular complexity index is 493. The van der Waals surface area contributed by atoms with E-state index in [9.17, 15) is 12.8 Å². The number of sulfonamides is 1. The predicted octanol–water partition coefficient (Wildman–Crippen LogP) is 1.30. The van der Waals surface area contributed by atoms with Crippen molar-refractivity contribution < 1.29 is 12.8 Å². The van der Waals surface area contributed by atoms with Crippen molar-refractivity contribution in [2.24, 2.45) is 0 Å². The van der Waals surface area contributed by atoms with Crippen LogP contribution in [0.25, 0.3) is 0 Å². The van der Waals surface area contributed by atoms with E-state index in [-0.39, 0.29) is 11.6 Å². The third kappa shape index (κ3) is 2.81. The van der Waals surface area contributed by atoms with E-state index in [2.05, 4.69) is 4.90 Å². The molecular weight excluding hydrogens is 255 g/mol. The molecule has 1 aliphatic heterocycles. The van der Waals surface area contributed by atoms with Crippen molar-refractivity contribution in [1.82, 2.24) is 4.31 Å². The Hall–Kier alpha value is -1.14. The highest BCUT2D eigenvalue weighted by atomic mass is 32.2. The van der Waals surface area contributed by atoms with Crippen LogP contribution in [-0.4, -0.2) is 44.7 Å². The van der Waals surface area contributed by atoms with Crippen LogP contribution in [-0.2, 0) is 10.0 Å². The fourth-order valence-corrected chi connectivity index (χ4v) is 3.14. The standard InChI is InChI=1S/C12H17FN2O2S/c1-2-18(16,17)15-9-7-14(8-10-15)12-5-3-11(13)4-6-12/h3-6H,2,7-10H2,1H3. The van der Waals surface area contributed by atoms with Gasteiger partial charge in [-0.25, -0.2) is 12.8 Å². The highest BCUT2D eigenvalue weighted by Crippen LogP contribution is 2.18. The van der Waals surface area contributed by atoms with Gasteiger partial charge in [-0.1, -0.05) is 0 Å². The lowest BCUT2D eigenvalue weighted by Gasteiger charge is -2.35. The minimum absolute atomic E-state index is 0.142. The first-order valence-corrected chi connectivity index (χ1v) is 7.62. The molecular formula is C12H17FN2O2S. The first-order valence-electron chi connectivity index (χ1n) is 6.01. The molecule has 0 atom stereocenters. The molecule has 1 aromatic carbocycles. The summed E-state index contributed by atoms with van der Waals surface area (Å²) < 4.78 is 37.7. The van der Waals surface area contributed by atoms with Gasteiger partial charge in [0.1, 0.15) is 5.82 Å². The largest absolute Gasteiger partial charge is 0.369 e. The predicted molar refractivity (Wildman–Crippen MR) is 69.6 cm³/mol. The van der Waals surface area contributed by atoms with E-state index in [1.165, 1.54) is 16.4 Å². The summed E-state index contributed by atoms with van der Waals surface area (Å²) in [6.45, 7) is 3.93. The molecule has 0 amide bonds. The van der Waals surface area contributed by atoms with Gasteiger partial charge in [-0.15, -0.1) is 0 Å². The lowest BCUT2D eigenvalue weighted by Crippen LogP contribution is -2.49. The molecule has 1 aromatic rings. The van der Waals surface area contributed by atoms with Crippen LogP contribution in [0.1, 0.15) is 6.92 Å². The Balaban J connectivity index is 2.01. The second kappa shape index (κ2) is 5.24. The van der Waals surface area contributed by atoms with E-state index in [1.54, 1.807) is 19.1 Å². The Morgan fingerprint density at radius 1 is 1.11 bits per heavy atom. The molecule has 1 aliphatic rings. The number of hydrogen-bond acceptors (Lipinski definition) is 3. The van der Waals surface area contributed by atoms with Crippen LogP contribution in [0.4, 0.5) is 10.1 Å². The van der Waals surface area contributed by atoms with Gasteiger partial charge in [-0.3, -0.25) is 0 Å². The fourth-order valence-electron chi connectivity index (χ4n) is 2.06. The quantitative estimate of drug-likeness (QED) is 0.832. The highest BCUT2D eigenvalue weighted by Gasteiger charge is 2.25. The Morgan fingerprint density at radius 3 is 2.17 bits per heavy atom. The van der Waals surface area contributed by atoms with Crippen molar-refractivity contribution in [2.45, 2.75) is 6.92 Å². The van der Waals surface area contributed by atoms with Crippen LogP contribution >= 0.6 is 0 Å². The van der Waals surface area contributed by atoms with Gasteiger partial charge < -0.3 is 4.90 Å². The summed E-state index contributed by atoms with van der Waals surface area (Å²) in [4.78, 5) is 2.07. The second-order valence-electron chi connectivity index (χ2n) is 4.26. The summed E-state index contributed by atoms with van der Waals surface area (Å²) in [5, 5.41) is 0. The zero-order chi connectivity index (χ0) is 13.2. The van der Waals surface area contributed by atoms with Crippen molar-refractivity contribution in [1.29, 1.82) is 0 Å². The Kier molecular flexibility index (Phi) is 3.87. The van der Waals surface area contributed by atoms with E-state index in [0.717, 1.165) is 5.69 Å². The van der Waals surface area contributed by atoms with E-state index in [1.807, 2.05) is 0 Å². The van der Waals surface area contributed by atoms with Crippen LogP contribution < -0.4 is 4.90 Å². The Labute approximate surface area is 107 Å². The molecule has 0 aromatic heterocycles. The average Bonchev–Trinajstić information content (AvgIpc) is 2.40. The normalized spacial score (nSPS) is 18.0. The zero-order valence-corrected chi connectivity index (χ0v) is 11.2. The summed E-state index contributed by atoms with van der Waals surface area (Å²) in [6, 6.07) is 6.29. The molecule has 0 spiro atoms. The second-order valence-corrected chi connectivity index (χ2v) is 6.52. The average molecular weight is 272 g/mol. The number of hydrogen-bond donors (Lipinski definition) is 0. The molecule has 100 valence electrons. The maximum absolute atomic E-state index is 12.8. The van der Waals surface area contributed by atoms with Crippen molar-refractivity contribution in [3.63, 3.8) is 0 Å². The Morgan fingerprint density at radius 2 is 1.67 bits per heavy atom. The van der Waals surface area contributed by atoms with Gasteiger partial charge in [-0.05, 0) is 31.2 Å². The minimum atomic E-state index is -3.09. The van der Waals surface area contributed by atoms with Crippen molar-refractivity contribution in [2.75, 3.05) is 36.8 Å². The summed E-state index contributed by atoms with van der Waals surface area (Å²) in [7, 11) is -3.09. The molecule has 0 N–H and O–H groups in total. The molecule has 18 heavy (non-hydrogen) atoms. The maximum atomic E-state index is 12.8. The molecule has 1 heterocycles. The molecule has 0 radical (unpaired) electrons. The smallest absolute Gasteiger partial charge is 0.213 e. The van der Waals surface area contributed by atoms with Crippen molar-refractivity contribution >= 4 is 15.7 Å².